The largest absolute Gasteiger partial charge is 0.489 e. The van der Waals surface area contributed by atoms with Crippen molar-refractivity contribution in [3.8, 4) is 23.0 Å². The summed E-state index contributed by atoms with van der Waals surface area (Å²) in [4.78, 5) is 58.1. The molecule has 0 spiro atoms. The van der Waals surface area contributed by atoms with Crippen LogP contribution in [0.5, 0.6) is 23.0 Å². The van der Waals surface area contributed by atoms with Gasteiger partial charge in [-0.15, -0.1) is 20.4 Å². The summed E-state index contributed by atoms with van der Waals surface area (Å²) in [7, 11) is 0. The number of aromatic nitrogens is 12. The molecule has 8 aromatic heterocycles. The van der Waals surface area contributed by atoms with Crippen molar-refractivity contribution in [3.05, 3.63) is 383 Å². The predicted octanol–water partition coefficient (Wildman–Crippen LogP) is 16.2. The average Bonchev–Trinajstić information content (AvgIpc) is 1.68. The second-order valence-electron chi connectivity index (χ2n) is 25.5. The number of Topliss-reactive ketones (excluding diaryl/α,β-unsaturated/α-hetero) is 3. The molecule has 21 nitrogen and oxygen atoms in total. The topological polar surface area (TPSA) is 238 Å². The number of hydrogen-bond donors (Lipinski definition) is 1. The van der Waals surface area contributed by atoms with E-state index in [9.17, 15) is 36.7 Å². The summed E-state index contributed by atoms with van der Waals surface area (Å²) >= 11 is 0. The maximum absolute atomic E-state index is 13.7. The quantitative estimate of drug-likeness (QED) is 0.0372. The molecule has 0 aliphatic heterocycles. The van der Waals surface area contributed by atoms with Gasteiger partial charge in [-0.05, 0) is 163 Å². The first-order valence-electron chi connectivity index (χ1n) is 35.6. The van der Waals surface area contributed by atoms with Gasteiger partial charge in [0, 0.05) is 83.3 Å². The minimum Gasteiger partial charge on any atom is -0.489 e. The summed E-state index contributed by atoms with van der Waals surface area (Å²) in [6.07, 6.45) is 14.1. The number of halogens is 4. The van der Waals surface area contributed by atoms with E-state index in [4.69, 9.17) is 18.9 Å². The van der Waals surface area contributed by atoms with E-state index >= 15 is 0 Å². The van der Waals surface area contributed by atoms with Crippen molar-refractivity contribution in [2.75, 3.05) is 0 Å². The van der Waals surface area contributed by atoms with E-state index in [1.807, 2.05) is 91.0 Å². The number of carbonyl (C=O) groups is 4. The number of ether oxygens (including phenoxy) is 4. The molecule has 16 rings (SSSR count). The number of carbonyl (C=O) groups excluding carboxylic acids is 4. The number of pyridine rings is 4. The summed E-state index contributed by atoms with van der Waals surface area (Å²) in [6.45, 7) is 0.937. The minimum absolute atomic E-state index is 0.0371. The zero-order chi connectivity index (χ0) is 77.4. The first kappa shape index (κ1) is 75.9. The Morgan fingerprint density at radius 2 is 0.786 bits per heavy atom. The molecule has 0 aliphatic carbocycles. The molecule has 8 heterocycles. The highest BCUT2D eigenvalue weighted by molar-refractivity contribution is 5.98. The van der Waals surface area contributed by atoms with E-state index in [1.165, 1.54) is 41.4 Å². The number of hydrogen-bond acceptors (Lipinski definition) is 16. The number of fused-ring (bicyclic) bond motifs is 4. The van der Waals surface area contributed by atoms with Gasteiger partial charge in [0.15, 0.2) is 39.9 Å². The van der Waals surface area contributed by atoms with Gasteiger partial charge in [-0.2, -0.15) is 10.2 Å². The minimum atomic E-state index is -0.298. The van der Waals surface area contributed by atoms with Crippen molar-refractivity contribution in [2.45, 2.75) is 71.5 Å². The zero-order valence-electron chi connectivity index (χ0n) is 60.1. The van der Waals surface area contributed by atoms with Crippen LogP contribution in [0, 0.1) is 23.3 Å². The van der Waals surface area contributed by atoms with Crippen LogP contribution >= 0.6 is 0 Å². The molecule has 0 radical (unpaired) electrons. The van der Waals surface area contributed by atoms with E-state index in [1.54, 1.807) is 178 Å². The lowest BCUT2D eigenvalue weighted by Crippen LogP contribution is -2.25. The summed E-state index contributed by atoms with van der Waals surface area (Å²) in [5, 5.41) is 26.5. The second-order valence-corrected chi connectivity index (χ2v) is 25.5. The van der Waals surface area contributed by atoms with Crippen LogP contribution in [-0.2, 0) is 52.2 Å². The molecule has 0 atom stereocenters. The molecule has 1 N–H and O–H groups in total. The molecule has 16 aromatic rings. The number of ketones is 3. The van der Waals surface area contributed by atoms with Crippen LogP contribution < -0.4 is 24.3 Å². The standard InChI is InChI=1S/3C22H18FN3O2.C21H17FN4O2/c23-20-7-2-1-5-18(20)14-28-19-6-3-4-16(12-19)8-10-21(27)17-9-11-22-25-24-15-26(22)13-17;23-20-7-2-1-5-18(20)14-28-19-6-3-4-16(12-19)8-10-21(27)17-9-11-22-24-15-25-26(22)13-17;23-20-7-2-1-5-18(20)14-28-19-6-3-4-16(12-19)8-9-21(27)17-10-11-26-15-24-25-22(26)13-17;22-18-8-2-1-6-16(18)13-28-17-7-3-5-15(11-17)12-23-21(27)19-9-4-10-20-24-14-25-26(19)20/h2*1-7,9,11-13,15H,8,10,14H2;1-7,10-13,15H,8-9,14H2;1-11,14H,12-13H2,(H,23,27). The Bertz CT molecular complexity index is 5500. The van der Waals surface area contributed by atoms with Crippen molar-refractivity contribution in [1.29, 1.82) is 0 Å². The Hall–Kier alpha value is -14.4. The molecule has 0 aliphatic rings. The first-order valence-corrected chi connectivity index (χ1v) is 35.6. The molecule has 0 bridgehead atoms. The Labute approximate surface area is 639 Å². The van der Waals surface area contributed by atoms with Crippen LogP contribution in [0.2, 0.25) is 0 Å². The Morgan fingerprint density at radius 1 is 0.366 bits per heavy atom. The molecule has 0 fully saturated rings. The van der Waals surface area contributed by atoms with Crippen molar-refractivity contribution in [1.82, 2.24) is 63.7 Å². The van der Waals surface area contributed by atoms with Gasteiger partial charge in [-0.3, -0.25) is 28.0 Å². The highest BCUT2D eigenvalue weighted by Crippen LogP contribution is 2.24. The summed E-state index contributed by atoms with van der Waals surface area (Å²) in [5.41, 5.74) is 10.8. The lowest BCUT2D eigenvalue weighted by molar-refractivity contribution is 0.0940. The van der Waals surface area contributed by atoms with Gasteiger partial charge in [0.25, 0.3) is 5.91 Å². The lowest BCUT2D eigenvalue weighted by Gasteiger charge is -2.10. The second kappa shape index (κ2) is 37.4. The predicted molar refractivity (Wildman–Crippen MR) is 410 cm³/mol. The van der Waals surface area contributed by atoms with Gasteiger partial charge >= 0.3 is 0 Å². The van der Waals surface area contributed by atoms with Gasteiger partial charge in [-0.25, -0.2) is 36.6 Å². The van der Waals surface area contributed by atoms with E-state index < -0.39 is 0 Å². The van der Waals surface area contributed by atoms with Crippen LogP contribution in [0.4, 0.5) is 17.6 Å². The van der Waals surface area contributed by atoms with Gasteiger partial charge in [0.1, 0.15) is 104 Å². The Kier molecular flexibility index (Phi) is 25.4. The molecular formula is C87H71F4N13O8. The Balaban J connectivity index is 0.000000131. The molecule has 1 amide bonds. The Morgan fingerprint density at radius 3 is 1.29 bits per heavy atom. The summed E-state index contributed by atoms with van der Waals surface area (Å²) in [5.74, 6) is 1.29. The van der Waals surface area contributed by atoms with E-state index in [2.05, 4.69) is 45.9 Å². The number of benzene rings is 8. The highest BCUT2D eigenvalue weighted by Gasteiger charge is 2.16. The lowest BCUT2D eigenvalue weighted by atomic mass is 10.0. The molecule has 112 heavy (non-hydrogen) atoms. The number of aryl methyl sites for hydroxylation is 3. The van der Waals surface area contributed by atoms with Gasteiger partial charge < -0.3 is 24.3 Å². The van der Waals surface area contributed by atoms with Gasteiger partial charge in [-0.1, -0.05) is 127 Å². The fraction of sp³-hybridized carbons (Fsp3) is 0.126. The molecular weight excluding hydrogens is 1430 g/mol. The summed E-state index contributed by atoms with van der Waals surface area (Å²) < 4.78 is 84.1. The monoisotopic (exact) mass is 1500 g/mol. The number of nitrogens with one attached hydrogen (secondary N) is 1. The molecule has 0 unspecified atom stereocenters. The van der Waals surface area contributed by atoms with Gasteiger partial charge in [0.2, 0.25) is 0 Å². The van der Waals surface area contributed by atoms with Crippen molar-refractivity contribution < 1.29 is 55.7 Å². The number of amides is 1. The van der Waals surface area contributed by atoms with Crippen LogP contribution in [-0.4, -0.2) is 81.6 Å². The molecule has 560 valence electrons. The van der Waals surface area contributed by atoms with Crippen LogP contribution in [0.3, 0.4) is 0 Å². The van der Waals surface area contributed by atoms with Crippen molar-refractivity contribution in [2.24, 2.45) is 0 Å². The van der Waals surface area contributed by atoms with Crippen LogP contribution in [0.15, 0.2) is 293 Å². The third-order valence-electron chi connectivity index (χ3n) is 17.7. The molecule has 8 aromatic carbocycles. The maximum Gasteiger partial charge on any atom is 0.270 e. The smallest absolute Gasteiger partial charge is 0.270 e. The van der Waals surface area contributed by atoms with Crippen molar-refractivity contribution >= 4 is 45.8 Å². The number of nitrogens with zero attached hydrogens (tertiary/aromatic N) is 12. The van der Waals surface area contributed by atoms with Crippen LogP contribution in [0.25, 0.3) is 22.6 Å². The number of rotatable bonds is 27. The zero-order valence-corrected chi connectivity index (χ0v) is 60.1. The summed E-state index contributed by atoms with van der Waals surface area (Å²) in [6, 6.07) is 71.9. The highest BCUT2D eigenvalue weighted by atomic mass is 19.1. The maximum atomic E-state index is 13.7. The third kappa shape index (κ3) is 20.9. The average molecular weight is 1500 g/mol. The first-order chi connectivity index (χ1) is 54.8. The third-order valence-corrected chi connectivity index (χ3v) is 17.7. The van der Waals surface area contributed by atoms with Crippen molar-refractivity contribution in [3.63, 3.8) is 0 Å². The van der Waals surface area contributed by atoms with E-state index in [0.29, 0.717) is 135 Å². The van der Waals surface area contributed by atoms with Crippen LogP contribution in [0.1, 0.15) is 105 Å². The van der Waals surface area contributed by atoms with E-state index in [0.717, 1.165) is 22.3 Å². The van der Waals surface area contributed by atoms with E-state index in [-0.39, 0.29) is 73.0 Å². The fourth-order valence-electron chi connectivity index (χ4n) is 11.7. The SMILES string of the molecule is O=C(CCc1cccc(OCc2ccccc2F)c1)c1ccc2ncnn2c1.O=C(CCc1cccc(OCc2ccccc2F)c1)c1ccc2nncn2c1.O=C(CCc1cccc(OCc2ccccc2F)c1)c1ccn2cnnc2c1.O=C(NCc1cccc(OCc2ccccc2F)c1)c1cccc2ncnn12. The molecule has 0 saturated heterocycles. The molecule has 0 saturated carbocycles. The normalized spacial score (nSPS) is 10.9. The molecule has 25 heteroatoms. The van der Waals surface area contributed by atoms with Gasteiger partial charge in [0.05, 0.1) is 0 Å². The fourth-order valence-corrected chi connectivity index (χ4v) is 11.7.